The Kier molecular flexibility index (Phi) is 3.92. The lowest BCUT2D eigenvalue weighted by Gasteiger charge is -2.27. The number of nitrogens with zero attached hydrogens (tertiary/aromatic N) is 1. The van der Waals surface area contributed by atoms with Crippen LogP contribution in [0.1, 0.15) is 39.0 Å². The first-order valence-electron chi connectivity index (χ1n) is 7.99. The van der Waals surface area contributed by atoms with Gasteiger partial charge in [0.05, 0.1) is 12.6 Å². The second-order valence-electron chi connectivity index (χ2n) is 6.40. The molecule has 2 aliphatic carbocycles. The molecule has 0 aromatic carbocycles. The molecule has 0 spiro atoms. The van der Waals surface area contributed by atoms with Crippen LogP contribution in [0.4, 0.5) is 4.79 Å². The van der Waals surface area contributed by atoms with E-state index in [1.807, 2.05) is 6.92 Å². The van der Waals surface area contributed by atoms with Gasteiger partial charge in [-0.25, -0.2) is 4.79 Å². The zero-order valence-electron chi connectivity index (χ0n) is 12.5. The van der Waals surface area contributed by atoms with Gasteiger partial charge in [0.1, 0.15) is 5.54 Å². The van der Waals surface area contributed by atoms with Crippen LogP contribution in [-0.4, -0.2) is 53.3 Å². The lowest BCUT2D eigenvalue weighted by Crippen LogP contribution is -2.51. The van der Waals surface area contributed by atoms with Crippen molar-refractivity contribution in [3.63, 3.8) is 0 Å². The van der Waals surface area contributed by atoms with Gasteiger partial charge in [-0.1, -0.05) is 0 Å². The largest absolute Gasteiger partial charge is 0.391 e. The van der Waals surface area contributed by atoms with Gasteiger partial charge >= 0.3 is 6.03 Å². The Hall–Kier alpha value is -1.14. The highest BCUT2D eigenvalue weighted by Gasteiger charge is 2.65. The number of carbonyl (C=O) groups is 2. The van der Waals surface area contributed by atoms with E-state index in [2.05, 4.69) is 5.32 Å². The summed E-state index contributed by atoms with van der Waals surface area (Å²) in [6.45, 7) is 3.00. The minimum atomic E-state index is -0.722. The van der Waals surface area contributed by atoms with E-state index in [1.54, 1.807) is 0 Å². The molecule has 0 bridgehead atoms. The van der Waals surface area contributed by atoms with Crippen molar-refractivity contribution in [1.29, 1.82) is 0 Å². The van der Waals surface area contributed by atoms with Crippen LogP contribution >= 0.6 is 0 Å². The first-order valence-corrected chi connectivity index (χ1v) is 7.99. The quantitative estimate of drug-likeness (QED) is 0.515. The number of hydrogen-bond donors (Lipinski definition) is 2. The Morgan fingerprint density at radius 2 is 1.95 bits per heavy atom. The first-order chi connectivity index (χ1) is 10.1. The third-order valence-corrected chi connectivity index (χ3v) is 4.79. The molecule has 118 valence electrons. The molecule has 6 heteroatoms. The number of amides is 3. The first kappa shape index (κ1) is 14.8. The summed E-state index contributed by atoms with van der Waals surface area (Å²) < 4.78 is 5.20. The molecule has 2 saturated carbocycles. The van der Waals surface area contributed by atoms with Crippen LogP contribution in [0.2, 0.25) is 0 Å². The number of urea groups is 1. The van der Waals surface area contributed by atoms with Crippen molar-refractivity contribution in [3.05, 3.63) is 0 Å². The molecule has 1 heterocycles. The van der Waals surface area contributed by atoms with Crippen molar-refractivity contribution in [2.24, 2.45) is 11.8 Å². The molecule has 1 atom stereocenters. The van der Waals surface area contributed by atoms with E-state index >= 15 is 0 Å². The Labute approximate surface area is 124 Å². The monoisotopic (exact) mass is 296 g/mol. The fourth-order valence-corrected chi connectivity index (χ4v) is 3.41. The van der Waals surface area contributed by atoms with E-state index in [0.717, 1.165) is 25.7 Å². The summed E-state index contributed by atoms with van der Waals surface area (Å²) in [5, 5.41) is 13.0. The molecule has 21 heavy (non-hydrogen) atoms. The second-order valence-corrected chi connectivity index (χ2v) is 6.40. The Morgan fingerprint density at radius 1 is 1.33 bits per heavy atom. The molecule has 6 nitrogen and oxygen atoms in total. The minimum absolute atomic E-state index is 0.0684. The van der Waals surface area contributed by atoms with Crippen LogP contribution in [0.15, 0.2) is 0 Å². The highest BCUT2D eigenvalue weighted by atomic mass is 16.5. The van der Waals surface area contributed by atoms with Crippen LogP contribution in [0.25, 0.3) is 0 Å². The number of ether oxygens (including phenoxy) is 1. The molecule has 3 aliphatic rings. The molecule has 3 rings (SSSR count). The normalized spacial score (nSPS) is 26.1. The van der Waals surface area contributed by atoms with E-state index in [-0.39, 0.29) is 18.5 Å². The summed E-state index contributed by atoms with van der Waals surface area (Å²) in [5.41, 5.74) is -0.656. The number of aliphatic hydroxyl groups is 1. The Morgan fingerprint density at radius 3 is 2.48 bits per heavy atom. The molecule has 1 aliphatic heterocycles. The Balaban J connectivity index is 1.63. The van der Waals surface area contributed by atoms with Crippen LogP contribution in [0, 0.1) is 11.8 Å². The third kappa shape index (κ3) is 2.66. The maximum absolute atomic E-state index is 12.8. The SMILES string of the molecule is CCOCCC(O)CN1C(=O)NC(C2CC2)(C2CC2)C1=O. The number of aliphatic hydroxyl groups excluding tert-OH is 1. The zero-order valence-corrected chi connectivity index (χ0v) is 12.5. The molecular formula is C15H24N2O4. The van der Waals surface area contributed by atoms with Crippen LogP contribution < -0.4 is 5.32 Å². The van der Waals surface area contributed by atoms with Crippen molar-refractivity contribution in [1.82, 2.24) is 10.2 Å². The predicted molar refractivity (Wildman–Crippen MR) is 75.5 cm³/mol. The van der Waals surface area contributed by atoms with Crippen molar-refractivity contribution in [3.8, 4) is 0 Å². The third-order valence-electron chi connectivity index (χ3n) is 4.79. The van der Waals surface area contributed by atoms with Crippen LogP contribution in [0.5, 0.6) is 0 Å². The average molecular weight is 296 g/mol. The summed E-state index contributed by atoms with van der Waals surface area (Å²) in [6, 6.07) is -0.339. The Bertz CT molecular complexity index is 419. The van der Waals surface area contributed by atoms with Crippen LogP contribution in [0.3, 0.4) is 0 Å². The number of rotatable bonds is 8. The summed E-state index contributed by atoms with van der Waals surface area (Å²) in [5.74, 6) is 0.479. The topological polar surface area (TPSA) is 78.9 Å². The maximum Gasteiger partial charge on any atom is 0.325 e. The van der Waals surface area contributed by atoms with Gasteiger partial charge < -0.3 is 15.2 Å². The number of nitrogens with one attached hydrogen (secondary N) is 1. The highest BCUT2D eigenvalue weighted by Crippen LogP contribution is 2.54. The smallest absolute Gasteiger partial charge is 0.325 e. The standard InChI is InChI=1S/C15H24N2O4/c1-2-21-8-7-12(18)9-17-13(19)15(10-3-4-10,11-5-6-11)16-14(17)20/h10-12,18H,2-9H2,1H3,(H,16,20). The van der Waals surface area contributed by atoms with E-state index < -0.39 is 11.6 Å². The van der Waals surface area contributed by atoms with Crippen molar-refractivity contribution in [2.75, 3.05) is 19.8 Å². The van der Waals surface area contributed by atoms with E-state index in [0.29, 0.717) is 31.5 Å². The molecule has 1 unspecified atom stereocenters. The van der Waals surface area contributed by atoms with Crippen molar-refractivity contribution >= 4 is 11.9 Å². The number of carbonyl (C=O) groups excluding carboxylic acids is 2. The van der Waals surface area contributed by atoms with Gasteiger partial charge in [-0.05, 0) is 50.9 Å². The molecule has 0 aromatic heterocycles. The van der Waals surface area contributed by atoms with Gasteiger partial charge in [0.2, 0.25) is 0 Å². The van der Waals surface area contributed by atoms with Gasteiger partial charge in [-0.15, -0.1) is 0 Å². The van der Waals surface area contributed by atoms with E-state index in [4.69, 9.17) is 4.74 Å². The van der Waals surface area contributed by atoms with E-state index in [9.17, 15) is 14.7 Å². The summed E-state index contributed by atoms with van der Waals surface area (Å²) >= 11 is 0. The average Bonchev–Trinajstić information content (AvgIpc) is 3.34. The van der Waals surface area contributed by atoms with Gasteiger partial charge in [-0.2, -0.15) is 0 Å². The van der Waals surface area contributed by atoms with Crippen molar-refractivity contribution in [2.45, 2.75) is 50.7 Å². The lowest BCUT2D eigenvalue weighted by atomic mass is 9.87. The fourth-order valence-electron chi connectivity index (χ4n) is 3.41. The number of β-amino-alcohol motifs (C(OH)–C–C–N with tert-alkyl or cyclic N) is 1. The predicted octanol–water partition coefficient (Wildman–Crippen LogP) is 0.884. The van der Waals surface area contributed by atoms with Gasteiger partial charge in [-0.3, -0.25) is 9.69 Å². The molecule has 2 N–H and O–H groups in total. The maximum atomic E-state index is 12.8. The van der Waals surface area contributed by atoms with Crippen molar-refractivity contribution < 1.29 is 19.4 Å². The molecular weight excluding hydrogens is 272 g/mol. The number of hydrogen-bond acceptors (Lipinski definition) is 4. The molecule has 1 saturated heterocycles. The fraction of sp³-hybridized carbons (Fsp3) is 0.867. The lowest BCUT2D eigenvalue weighted by molar-refractivity contribution is -0.134. The highest BCUT2D eigenvalue weighted by molar-refractivity contribution is 6.08. The molecule has 0 radical (unpaired) electrons. The summed E-state index contributed by atoms with van der Waals surface area (Å²) in [6.07, 6.45) is 3.78. The van der Waals surface area contributed by atoms with Gasteiger partial charge in [0.15, 0.2) is 0 Å². The zero-order chi connectivity index (χ0) is 15.0. The van der Waals surface area contributed by atoms with E-state index in [1.165, 1.54) is 4.90 Å². The molecule has 3 fully saturated rings. The van der Waals surface area contributed by atoms with Gasteiger partial charge in [0.25, 0.3) is 5.91 Å². The summed E-state index contributed by atoms with van der Waals surface area (Å²) in [4.78, 5) is 26.2. The second kappa shape index (κ2) is 5.57. The number of imide groups is 1. The van der Waals surface area contributed by atoms with Crippen LogP contribution in [-0.2, 0) is 9.53 Å². The summed E-state index contributed by atoms with van der Waals surface area (Å²) in [7, 11) is 0. The molecule has 0 aromatic rings. The molecule has 3 amide bonds. The minimum Gasteiger partial charge on any atom is -0.391 e. The van der Waals surface area contributed by atoms with Gasteiger partial charge in [0, 0.05) is 13.2 Å².